The van der Waals surface area contributed by atoms with Gasteiger partial charge in [-0.2, -0.15) is 0 Å². The van der Waals surface area contributed by atoms with Crippen molar-refractivity contribution in [3.63, 3.8) is 0 Å². The molecule has 0 saturated heterocycles. The summed E-state index contributed by atoms with van der Waals surface area (Å²) in [7, 11) is 0. The molecule has 5 nitrogen and oxygen atoms in total. The topological polar surface area (TPSA) is 65.5 Å². The van der Waals surface area contributed by atoms with Gasteiger partial charge in [0.2, 0.25) is 0 Å². The van der Waals surface area contributed by atoms with E-state index < -0.39 is 6.09 Å². The summed E-state index contributed by atoms with van der Waals surface area (Å²) in [6.07, 6.45) is 5.16. The van der Waals surface area contributed by atoms with Crippen molar-refractivity contribution < 1.29 is 9.90 Å². The first-order chi connectivity index (χ1) is 12.2. The largest absolute Gasteiger partial charge is 0.465 e. The molecule has 2 aromatic rings. The van der Waals surface area contributed by atoms with E-state index in [0.717, 1.165) is 37.1 Å². The van der Waals surface area contributed by atoms with Gasteiger partial charge in [-0.25, -0.2) is 9.78 Å². The van der Waals surface area contributed by atoms with E-state index in [2.05, 4.69) is 10.3 Å². The fraction of sp³-hybridized carbons (Fsp3) is 0.400. The molecule has 0 aliphatic heterocycles. The van der Waals surface area contributed by atoms with E-state index in [-0.39, 0.29) is 0 Å². The molecule has 1 aromatic heterocycles. The second-order valence-electron chi connectivity index (χ2n) is 6.73. The Kier molecular flexibility index (Phi) is 5.88. The van der Waals surface area contributed by atoms with Crippen molar-refractivity contribution in [2.75, 3.05) is 11.9 Å². The van der Waals surface area contributed by atoms with Gasteiger partial charge in [-0.05, 0) is 49.3 Å². The average Bonchev–Trinajstić information content (AvgIpc) is 2.64. The fourth-order valence-corrected chi connectivity index (χ4v) is 3.47. The molecule has 132 valence electrons. The highest BCUT2D eigenvalue weighted by atomic mass is 16.4. The van der Waals surface area contributed by atoms with Gasteiger partial charge in [0.15, 0.2) is 0 Å². The van der Waals surface area contributed by atoms with Crippen molar-refractivity contribution >= 4 is 11.9 Å². The van der Waals surface area contributed by atoms with Crippen LogP contribution in [0.2, 0.25) is 0 Å². The van der Waals surface area contributed by atoms with E-state index >= 15 is 0 Å². The minimum Gasteiger partial charge on any atom is -0.465 e. The normalized spacial score (nSPS) is 20.0. The molecule has 0 spiro atoms. The molecule has 1 heterocycles. The second kappa shape index (κ2) is 8.51. The lowest BCUT2D eigenvalue weighted by Crippen LogP contribution is -2.36. The Morgan fingerprint density at radius 2 is 1.80 bits per heavy atom. The number of anilines is 1. The number of rotatable bonds is 6. The van der Waals surface area contributed by atoms with Crippen LogP contribution in [0.4, 0.5) is 10.6 Å². The number of nitrogens with one attached hydrogen (secondary N) is 1. The van der Waals surface area contributed by atoms with E-state index in [4.69, 9.17) is 0 Å². The Hall–Kier alpha value is -2.56. The number of hydrogen-bond acceptors (Lipinski definition) is 3. The van der Waals surface area contributed by atoms with Crippen LogP contribution in [0.5, 0.6) is 0 Å². The summed E-state index contributed by atoms with van der Waals surface area (Å²) in [5.74, 6) is 1.35. The van der Waals surface area contributed by atoms with Gasteiger partial charge in [0, 0.05) is 25.3 Å². The minimum absolute atomic E-state index is 0.429. The van der Waals surface area contributed by atoms with Crippen LogP contribution in [0.25, 0.3) is 0 Å². The first-order valence-corrected chi connectivity index (χ1v) is 8.90. The third kappa shape index (κ3) is 5.21. The lowest BCUT2D eigenvalue weighted by Gasteiger charge is -2.32. The molecule has 1 saturated carbocycles. The van der Waals surface area contributed by atoms with Gasteiger partial charge in [0.05, 0.1) is 0 Å². The van der Waals surface area contributed by atoms with E-state index in [1.54, 1.807) is 11.1 Å². The van der Waals surface area contributed by atoms with Crippen LogP contribution in [0.1, 0.15) is 31.2 Å². The molecule has 0 atom stereocenters. The Bertz CT molecular complexity index is 655. The summed E-state index contributed by atoms with van der Waals surface area (Å²) in [5, 5.41) is 13.0. The number of pyridine rings is 1. The standard InChI is InChI=1S/C20H25N3O2/c24-20(25)23(14-16-6-2-1-3-7-16)15-17-9-11-18(12-10-17)22-19-8-4-5-13-21-19/h1-8,13,17-18H,9-12,14-15H2,(H,21,22)(H,24,25). The maximum atomic E-state index is 11.6. The van der Waals surface area contributed by atoms with Crippen molar-refractivity contribution in [3.8, 4) is 0 Å². The molecule has 2 N–H and O–H groups in total. The Morgan fingerprint density at radius 1 is 1.08 bits per heavy atom. The van der Waals surface area contributed by atoms with Gasteiger partial charge in [-0.15, -0.1) is 0 Å². The van der Waals surface area contributed by atoms with Crippen LogP contribution >= 0.6 is 0 Å². The van der Waals surface area contributed by atoms with Crippen molar-refractivity contribution in [1.82, 2.24) is 9.88 Å². The van der Waals surface area contributed by atoms with Crippen LogP contribution in [-0.2, 0) is 6.54 Å². The number of hydrogen-bond donors (Lipinski definition) is 2. The lowest BCUT2D eigenvalue weighted by molar-refractivity contribution is 0.127. The maximum Gasteiger partial charge on any atom is 0.407 e. The van der Waals surface area contributed by atoms with Gasteiger partial charge in [0.1, 0.15) is 5.82 Å². The number of aromatic nitrogens is 1. The van der Waals surface area contributed by atoms with Crippen LogP contribution in [0.3, 0.4) is 0 Å². The smallest absolute Gasteiger partial charge is 0.407 e. The molecule has 0 radical (unpaired) electrons. The summed E-state index contributed by atoms with van der Waals surface area (Å²) >= 11 is 0. The van der Waals surface area contributed by atoms with Crippen molar-refractivity contribution in [3.05, 3.63) is 60.3 Å². The minimum atomic E-state index is -0.836. The fourth-order valence-electron chi connectivity index (χ4n) is 3.47. The predicted molar refractivity (Wildman–Crippen MR) is 98.5 cm³/mol. The second-order valence-corrected chi connectivity index (χ2v) is 6.73. The number of benzene rings is 1. The van der Waals surface area contributed by atoms with Gasteiger partial charge in [0.25, 0.3) is 0 Å². The summed E-state index contributed by atoms with van der Waals surface area (Å²) in [5.41, 5.74) is 1.04. The van der Waals surface area contributed by atoms with Gasteiger partial charge in [-0.3, -0.25) is 0 Å². The molecule has 5 heteroatoms. The van der Waals surface area contributed by atoms with Crippen LogP contribution < -0.4 is 5.32 Å². The third-order valence-corrected chi connectivity index (χ3v) is 4.83. The van der Waals surface area contributed by atoms with Crippen LogP contribution in [0, 0.1) is 5.92 Å². The summed E-state index contributed by atoms with van der Waals surface area (Å²) < 4.78 is 0. The quantitative estimate of drug-likeness (QED) is 0.826. The van der Waals surface area contributed by atoms with E-state index in [9.17, 15) is 9.90 Å². The monoisotopic (exact) mass is 339 g/mol. The molecule has 1 aromatic carbocycles. The van der Waals surface area contributed by atoms with Crippen molar-refractivity contribution in [2.24, 2.45) is 5.92 Å². The molecule has 1 aliphatic carbocycles. The number of amides is 1. The zero-order chi connectivity index (χ0) is 17.5. The van der Waals surface area contributed by atoms with Crippen molar-refractivity contribution in [2.45, 2.75) is 38.3 Å². The molecule has 0 bridgehead atoms. The molecule has 25 heavy (non-hydrogen) atoms. The van der Waals surface area contributed by atoms with Crippen LogP contribution in [0.15, 0.2) is 54.7 Å². The first kappa shape index (κ1) is 17.3. The molecule has 0 unspecified atom stereocenters. The average molecular weight is 339 g/mol. The van der Waals surface area contributed by atoms with E-state index in [1.807, 2.05) is 48.5 Å². The number of nitrogens with zero attached hydrogens (tertiary/aromatic N) is 2. The Morgan fingerprint density at radius 3 is 2.44 bits per heavy atom. The molecule has 1 aliphatic rings. The molecular weight excluding hydrogens is 314 g/mol. The van der Waals surface area contributed by atoms with E-state index in [1.165, 1.54) is 0 Å². The Balaban J connectivity index is 1.49. The Labute approximate surface area is 148 Å². The summed E-state index contributed by atoms with van der Waals surface area (Å²) in [4.78, 5) is 17.4. The molecule has 1 fully saturated rings. The lowest BCUT2D eigenvalue weighted by atomic mass is 9.85. The van der Waals surface area contributed by atoms with Gasteiger partial charge < -0.3 is 15.3 Å². The highest BCUT2D eigenvalue weighted by Gasteiger charge is 2.25. The molecule has 3 rings (SSSR count). The maximum absolute atomic E-state index is 11.6. The summed E-state index contributed by atoms with van der Waals surface area (Å²) in [6, 6.07) is 16.1. The number of carboxylic acid groups (broad SMARTS) is 1. The zero-order valence-electron chi connectivity index (χ0n) is 14.3. The SMILES string of the molecule is O=C(O)N(Cc1ccccc1)CC1CCC(Nc2ccccn2)CC1. The highest BCUT2D eigenvalue weighted by Crippen LogP contribution is 2.27. The predicted octanol–water partition coefficient (Wildman–Crippen LogP) is 4.23. The summed E-state index contributed by atoms with van der Waals surface area (Å²) in [6.45, 7) is 1.07. The third-order valence-electron chi connectivity index (χ3n) is 4.83. The van der Waals surface area contributed by atoms with Gasteiger partial charge >= 0.3 is 6.09 Å². The molecule has 1 amide bonds. The first-order valence-electron chi connectivity index (χ1n) is 8.90. The highest BCUT2D eigenvalue weighted by molar-refractivity contribution is 5.65. The van der Waals surface area contributed by atoms with E-state index in [0.29, 0.717) is 25.0 Å². The van der Waals surface area contributed by atoms with Crippen molar-refractivity contribution in [1.29, 1.82) is 0 Å². The number of carbonyl (C=O) groups is 1. The zero-order valence-corrected chi connectivity index (χ0v) is 14.3. The molecular formula is C20H25N3O2. The van der Waals surface area contributed by atoms with Crippen LogP contribution in [-0.4, -0.2) is 33.7 Å². The van der Waals surface area contributed by atoms with Gasteiger partial charge in [-0.1, -0.05) is 36.4 Å².